The van der Waals surface area contributed by atoms with Gasteiger partial charge < -0.3 is 20.1 Å². The summed E-state index contributed by atoms with van der Waals surface area (Å²) in [5.41, 5.74) is -0.547. The van der Waals surface area contributed by atoms with Crippen molar-refractivity contribution in [1.29, 1.82) is 0 Å². The van der Waals surface area contributed by atoms with Gasteiger partial charge in [-0.1, -0.05) is 31.2 Å². The summed E-state index contributed by atoms with van der Waals surface area (Å²) in [6, 6.07) is 8.59. The Balaban J connectivity index is 2.30. The van der Waals surface area contributed by atoms with Gasteiger partial charge in [-0.25, -0.2) is 9.59 Å². The lowest BCUT2D eigenvalue weighted by Gasteiger charge is -2.26. The van der Waals surface area contributed by atoms with E-state index in [1.165, 1.54) is 7.11 Å². The minimum Gasteiger partial charge on any atom is -0.465 e. The molecule has 0 bridgehead atoms. The first kappa shape index (κ1) is 27.7. The quantitative estimate of drug-likeness (QED) is 0.508. The normalized spacial score (nSPS) is 13.4. The fraction of sp³-hybridized carbons (Fsp3) is 0.400. The number of benzene rings is 2. The van der Waals surface area contributed by atoms with E-state index in [4.69, 9.17) is 4.74 Å². The van der Waals surface area contributed by atoms with E-state index in [2.05, 4.69) is 15.4 Å². The highest BCUT2D eigenvalue weighted by Crippen LogP contribution is 2.30. The van der Waals surface area contributed by atoms with Crippen LogP contribution in [0.3, 0.4) is 0 Å². The highest BCUT2D eigenvalue weighted by atomic mass is 19.4. The molecule has 2 rings (SSSR count). The second-order valence-electron chi connectivity index (χ2n) is 8.78. The summed E-state index contributed by atoms with van der Waals surface area (Å²) < 4.78 is 48.9. The topological polar surface area (TPSA) is 93.7 Å². The molecule has 0 aliphatic carbocycles. The molecule has 1 unspecified atom stereocenters. The molecule has 2 atom stereocenters. The minimum atomic E-state index is -4.54. The summed E-state index contributed by atoms with van der Waals surface area (Å²) in [4.78, 5) is 37.3. The molecular formula is C25H29F3N2O5. The number of amides is 2. The number of nitrogens with one attached hydrogen (secondary N) is 2. The van der Waals surface area contributed by atoms with Gasteiger partial charge in [-0.05, 0) is 62.6 Å². The predicted octanol–water partition coefficient (Wildman–Crippen LogP) is 5.33. The van der Waals surface area contributed by atoms with Crippen molar-refractivity contribution in [2.45, 2.75) is 58.0 Å². The van der Waals surface area contributed by atoms with E-state index in [-0.39, 0.29) is 5.56 Å². The van der Waals surface area contributed by atoms with Gasteiger partial charge >= 0.3 is 18.2 Å². The molecule has 0 aliphatic heterocycles. The molecule has 2 aromatic rings. The number of halogens is 3. The van der Waals surface area contributed by atoms with Crippen LogP contribution in [0.25, 0.3) is 0 Å². The highest BCUT2D eigenvalue weighted by Gasteiger charge is 2.32. The van der Waals surface area contributed by atoms with Crippen molar-refractivity contribution < 1.29 is 37.0 Å². The SMILES string of the molecule is CC[C@@H](NC(=O)C(NC(=O)OC(C)(C)C)c1ccc(C(F)(F)F)cc1)c1ccc(C(=O)OC)cc1. The van der Waals surface area contributed by atoms with Gasteiger partial charge in [0.2, 0.25) is 5.91 Å². The lowest BCUT2D eigenvalue weighted by atomic mass is 10.00. The number of alkyl carbamates (subject to hydrolysis) is 1. The number of ether oxygens (including phenoxy) is 2. The van der Waals surface area contributed by atoms with E-state index < -0.39 is 47.4 Å². The second-order valence-corrected chi connectivity index (χ2v) is 8.78. The third-order valence-electron chi connectivity index (χ3n) is 4.95. The van der Waals surface area contributed by atoms with Gasteiger partial charge in [0.25, 0.3) is 0 Å². The van der Waals surface area contributed by atoms with Crippen LogP contribution in [0, 0.1) is 0 Å². The number of carbonyl (C=O) groups excluding carboxylic acids is 3. The summed E-state index contributed by atoms with van der Waals surface area (Å²) in [7, 11) is 1.27. The predicted molar refractivity (Wildman–Crippen MR) is 123 cm³/mol. The van der Waals surface area contributed by atoms with E-state index in [9.17, 15) is 27.6 Å². The van der Waals surface area contributed by atoms with E-state index in [0.29, 0.717) is 17.5 Å². The lowest BCUT2D eigenvalue weighted by Crippen LogP contribution is -2.43. The third kappa shape index (κ3) is 8.01. The van der Waals surface area contributed by atoms with Crippen LogP contribution >= 0.6 is 0 Å². The van der Waals surface area contributed by atoms with Crippen molar-refractivity contribution in [1.82, 2.24) is 10.6 Å². The Morgan fingerprint density at radius 2 is 1.43 bits per heavy atom. The average Bonchev–Trinajstić information content (AvgIpc) is 2.79. The number of carbonyl (C=O) groups is 3. The molecule has 2 N–H and O–H groups in total. The highest BCUT2D eigenvalue weighted by molar-refractivity contribution is 5.89. The molecule has 0 radical (unpaired) electrons. The maximum Gasteiger partial charge on any atom is 0.416 e. The number of hydrogen-bond acceptors (Lipinski definition) is 5. The first-order valence-electron chi connectivity index (χ1n) is 10.9. The average molecular weight is 495 g/mol. The first-order chi connectivity index (χ1) is 16.2. The molecule has 0 aliphatic rings. The van der Waals surface area contributed by atoms with Gasteiger partial charge in [-0.2, -0.15) is 13.2 Å². The van der Waals surface area contributed by atoms with Crippen molar-refractivity contribution in [2.75, 3.05) is 7.11 Å². The maximum absolute atomic E-state index is 13.2. The molecule has 190 valence electrons. The van der Waals surface area contributed by atoms with Crippen molar-refractivity contribution in [3.63, 3.8) is 0 Å². The van der Waals surface area contributed by atoms with Crippen LogP contribution in [0.2, 0.25) is 0 Å². The molecule has 2 aromatic carbocycles. The molecule has 7 nitrogen and oxygen atoms in total. The molecule has 0 saturated heterocycles. The van der Waals surface area contributed by atoms with Crippen LogP contribution in [-0.4, -0.2) is 30.7 Å². The monoisotopic (exact) mass is 494 g/mol. The van der Waals surface area contributed by atoms with Gasteiger partial charge in [-0.3, -0.25) is 4.79 Å². The van der Waals surface area contributed by atoms with Crippen LogP contribution in [0.4, 0.5) is 18.0 Å². The molecule has 35 heavy (non-hydrogen) atoms. The standard InChI is InChI=1S/C25H29F3N2O5/c1-6-19(15-7-9-17(10-8-15)22(32)34-5)29-21(31)20(30-23(33)35-24(2,3)4)16-11-13-18(14-12-16)25(26,27)28/h7-14,19-20H,6H2,1-5H3,(H,29,31)(H,30,33)/t19-,20?/m1/s1. The van der Waals surface area contributed by atoms with Crippen LogP contribution < -0.4 is 10.6 Å². The Hall–Kier alpha value is -3.56. The number of hydrogen-bond donors (Lipinski definition) is 2. The van der Waals surface area contributed by atoms with Crippen LogP contribution in [0.1, 0.15) is 73.2 Å². The zero-order chi connectivity index (χ0) is 26.4. The molecule has 0 fully saturated rings. The molecule has 0 spiro atoms. The minimum absolute atomic E-state index is 0.150. The van der Waals surface area contributed by atoms with Crippen molar-refractivity contribution >= 4 is 18.0 Å². The van der Waals surface area contributed by atoms with Crippen molar-refractivity contribution in [3.8, 4) is 0 Å². The van der Waals surface area contributed by atoms with E-state index in [1.54, 1.807) is 45.0 Å². The molecule has 0 saturated carbocycles. The van der Waals surface area contributed by atoms with Gasteiger partial charge in [0.15, 0.2) is 0 Å². The smallest absolute Gasteiger partial charge is 0.416 e. The fourth-order valence-electron chi connectivity index (χ4n) is 3.24. The largest absolute Gasteiger partial charge is 0.465 e. The number of rotatable bonds is 7. The van der Waals surface area contributed by atoms with Gasteiger partial charge in [-0.15, -0.1) is 0 Å². The Kier molecular flexibility index (Phi) is 8.89. The molecule has 0 heterocycles. The molecular weight excluding hydrogens is 465 g/mol. The maximum atomic E-state index is 13.2. The van der Waals surface area contributed by atoms with Crippen molar-refractivity contribution in [2.24, 2.45) is 0 Å². The van der Waals surface area contributed by atoms with E-state index in [1.807, 2.05) is 6.92 Å². The summed E-state index contributed by atoms with van der Waals surface area (Å²) in [6.07, 6.45) is -4.97. The number of methoxy groups -OCH3 is 1. The lowest BCUT2D eigenvalue weighted by molar-refractivity contribution is -0.137. The van der Waals surface area contributed by atoms with Crippen molar-refractivity contribution in [3.05, 3.63) is 70.8 Å². The van der Waals surface area contributed by atoms with Gasteiger partial charge in [0, 0.05) is 0 Å². The number of esters is 1. The molecule has 10 heteroatoms. The Morgan fingerprint density at radius 3 is 1.89 bits per heavy atom. The molecule has 2 amide bonds. The Bertz CT molecular complexity index is 1030. The summed E-state index contributed by atoms with van der Waals surface area (Å²) in [6.45, 7) is 6.76. The second kappa shape index (κ2) is 11.2. The van der Waals surface area contributed by atoms with Crippen LogP contribution in [-0.2, 0) is 20.4 Å². The third-order valence-corrected chi connectivity index (χ3v) is 4.95. The Morgan fingerprint density at radius 1 is 0.886 bits per heavy atom. The van der Waals surface area contributed by atoms with Crippen LogP contribution in [0.15, 0.2) is 48.5 Å². The van der Waals surface area contributed by atoms with Gasteiger partial charge in [0.05, 0.1) is 24.3 Å². The summed E-state index contributed by atoms with van der Waals surface area (Å²) >= 11 is 0. The Labute approximate surface area is 202 Å². The zero-order valence-corrected chi connectivity index (χ0v) is 20.2. The summed E-state index contributed by atoms with van der Waals surface area (Å²) in [5.74, 6) is -1.14. The first-order valence-corrected chi connectivity index (χ1v) is 10.9. The number of alkyl halides is 3. The fourth-order valence-corrected chi connectivity index (χ4v) is 3.24. The molecule has 0 aromatic heterocycles. The summed E-state index contributed by atoms with van der Waals surface area (Å²) in [5, 5.41) is 5.25. The van der Waals surface area contributed by atoms with E-state index in [0.717, 1.165) is 24.3 Å². The zero-order valence-electron chi connectivity index (χ0n) is 20.2. The van der Waals surface area contributed by atoms with Crippen LogP contribution in [0.5, 0.6) is 0 Å². The van der Waals surface area contributed by atoms with Gasteiger partial charge in [0.1, 0.15) is 11.6 Å². The van der Waals surface area contributed by atoms with E-state index >= 15 is 0 Å².